The molecule has 11 heavy (non-hydrogen) atoms. The number of rotatable bonds is 3. The third kappa shape index (κ3) is 4.76. The van der Waals surface area contributed by atoms with Gasteiger partial charge in [-0.2, -0.15) is 0 Å². The van der Waals surface area contributed by atoms with Gasteiger partial charge in [-0.15, -0.1) is 0 Å². The summed E-state index contributed by atoms with van der Waals surface area (Å²) in [7, 11) is 0. The van der Waals surface area contributed by atoms with Crippen LogP contribution < -0.4 is 0 Å². The average molecular weight is 162 g/mol. The molecule has 0 aromatic heterocycles. The first-order valence-electron chi connectivity index (χ1n) is 3.70. The number of hydrogen-bond acceptors (Lipinski definition) is 2. The second kappa shape index (κ2) is 3.69. The Balaban J connectivity index is 3.71. The zero-order chi connectivity index (χ0) is 9.07. The van der Waals surface area contributed by atoms with E-state index in [4.69, 9.17) is 0 Å². The number of alkyl halides is 1. The monoisotopic (exact) mass is 162 g/mol. The van der Waals surface area contributed by atoms with E-state index >= 15 is 0 Å². The summed E-state index contributed by atoms with van der Waals surface area (Å²) < 4.78 is 17.4. The largest absolute Gasteiger partial charge is 0.463 e. The van der Waals surface area contributed by atoms with Gasteiger partial charge in [0.2, 0.25) is 5.67 Å². The molecule has 0 rings (SSSR count). The Morgan fingerprint density at radius 3 is 2.27 bits per heavy atom. The fraction of sp³-hybridized carbons (Fsp3) is 0.875. The average Bonchev–Trinajstić information content (AvgIpc) is 1.80. The zero-order valence-electron chi connectivity index (χ0n) is 7.48. The number of esters is 1. The van der Waals surface area contributed by atoms with E-state index in [0.29, 0.717) is 0 Å². The highest BCUT2D eigenvalue weighted by atomic mass is 19.1. The smallest absolute Gasteiger partial charge is 0.343 e. The molecular formula is C8H15FO2. The van der Waals surface area contributed by atoms with Crippen LogP contribution in [0.5, 0.6) is 0 Å². The molecule has 0 heterocycles. The SMILES string of the molecule is CC(C)COC(=O)C(C)(C)F. The minimum Gasteiger partial charge on any atom is -0.463 e. The van der Waals surface area contributed by atoms with Gasteiger partial charge in [0.15, 0.2) is 0 Å². The van der Waals surface area contributed by atoms with Crippen molar-refractivity contribution >= 4 is 5.97 Å². The minimum atomic E-state index is -1.87. The molecule has 0 unspecified atom stereocenters. The molecule has 2 nitrogen and oxygen atoms in total. The van der Waals surface area contributed by atoms with Crippen molar-refractivity contribution in [1.82, 2.24) is 0 Å². The summed E-state index contributed by atoms with van der Waals surface area (Å²) in [6.07, 6.45) is 0. The summed E-state index contributed by atoms with van der Waals surface area (Å²) in [5.74, 6) is -0.535. The van der Waals surface area contributed by atoms with Gasteiger partial charge < -0.3 is 4.74 Å². The third-order valence-corrected chi connectivity index (χ3v) is 1.03. The predicted molar refractivity (Wildman–Crippen MR) is 41.0 cm³/mol. The van der Waals surface area contributed by atoms with Crippen LogP contribution >= 0.6 is 0 Å². The van der Waals surface area contributed by atoms with Crippen molar-refractivity contribution in [1.29, 1.82) is 0 Å². The summed E-state index contributed by atoms with van der Waals surface area (Å²) in [5, 5.41) is 0. The van der Waals surface area contributed by atoms with E-state index in [0.717, 1.165) is 0 Å². The van der Waals surface area contributed by atoms with Gasteiger partial charge in [0.05, 0.1) is 6.61 Å². The maximum absolute atomic E-state index is 12.8. The molecule has 0 spiro atoms. The van der Waals surface area contributed by atoms with Crippen LogP contribution in [0.4, 0.5) is 4.39 Å². The Morgan fingerprint density at radius 1 is 1.55 bits per heavy atom. The maximum Gasteiger partial charge on any atom is 0.343 e. The molecule has 0 fully saturated rings. The lowest BCUT2D eigenvalue weighted by Gasteiger charge is -2.13. The van der Waals surface area contributed by atoms with E-state index in [1.54, 1.807) is 0 Å². The topological polar surface area (TPSA) is 26.3 Å². The van der Waals surface area contributed by atoms with Crippen molar-refractivity contribution in [3.8, 4) is 0 Å². The van der Waals surface area contributed by atoms with Crippen molar-refractivity contribution in [3.05, 3.63) is 0 Å². The van der Waals surface area contributed by atoms with Crippen LogP contribution in [-0.4, -0.2) is 18.2 Å². The molecule has 0 N–H and O–H groups in total. The molecule has 0 aliphatic heterocycles. The number of hydrogen-bond donors (Lipinski definition) is 0. The highest BCUT2D eigenvalue weighted by Gasteiger charge is 2.28. The lowest BCUT2D eigenvalue weighted by Crippen LogP contribution is -2.29. The lowest BCUT2D eigenvalue weighted by molar-refractivity contribution is -0.156. The van der Waals surface area contributed by atoms with Crippen molar-refractivity contribution in [3.63, 3.8) is 0 Å². The van der Waals surface area contributed by atoms with E-state index in [1.807, 2.05) is 13.8 Å². The van der Waals surface area contributed by atoms with Gasteiger partial charge in [0, 0.05) is 0 Å². The van der Waals surface area contributed by atoms with Crippen LogP contribution in [0.2, 0.25) is 0 Å². The van der Waals surface area contributed by atoms with Gasteiger partial charge in [-0.05, 0) is 19.8 Å². The van der Waals surface area contributed by atoms with E-state index in [-0.39, 0.29) is 12.5 Å². The zero-order valence-corrected chi connectivity index (χ0v) is 7.48. The van der Waals surface area contributed by atoms with E-state index in [9.17, 15) is 9.18 Å². The van der Waals surface area contributed by atoms with E-state index < -0.39 is 11.6 Å². The van der Waals surface area contributed by atoms with Crippen LogP contribution in [0.15, 0.2) is 0 Å². The van der Waals surface area contributed by atoms with Crippen LogP contribution in [0, 0.1) is 5.92 Å². The first-order valence-corrected chi connectivity index (χ1v) is 3.70. The van der Waals surface area contributed by atoms with E-state index in [1.165, 1.54) is 13.8 Å². The Morgan fingerprint density at radius 2 is 2.00 bits per heavy atom. The maximum atomic E-state index is 12.8. The fourth-order valence-corrected chi connectivity index (χ4v) is 0.414. The molecule has 0 radical (unpaired) electrons. The second-order valence-corrected chi connectivity index (χ2v) is 3.46. The van der Waals surface area contributed by atoms with Crippen molar-refractivity contribution < 1.29 is 13.9 Å². The number of ether oxygens (including phenoxy) is 1. The minimum absolute atomic E-state index is 0.251. The quantitative estimate of drug-likeness (QED) is 0.593. The number of carbonyl (C=O) groups excluding carboxylic acids is 1. The van der Waals surface area contributed by atoms with Crippen LogP contribution in [0.3, 0.4) is 0 Å². The van der Waals surface area contributed by atoms with Crippen LogP contribution in [0.25, 0.3) is 0 Å². The lowest BCUT2D eigenvalue weighted by atomic mass is 10.2. The summed E-state index contributed by atoms with van der Waals surface area (Å²) in [6.45, 7) is 6.47. The molecule has 0 aliphatic carbocycles. The number of carbonyl (C=O) groups is 1. The van der Waals surface area contributed by atoms with E-state index in [2.05, 4.69) is 4.74 Å². The molecular weight excluding hydrogens is 147 g/mol. The Kier molecular flexibility index (Phi) is 3.49. The predicted octanol–water partition coefficient (Wildman–Crippen LogP) is 1.93. The Bertz CT molecular complexity index is 136. The highest BCUT2D eigenvalue weighted by Crippen LogP contribution is 2.10. The van der Waals surface area contributed by atoms with Gasteiger partial charge >= 0.3 is 5.97 Å². The standard InChI is InChI=1S/C8H15FO2/c1-6(2)5-11-7(10)8(3,4)9/h6H,5H2,1-4H3. The first-order chi connectivity index (χ1) is 4.84. The second-order valence-electron chi connectivity index (χ2n) is 3.46. The third-order valence-electron chi connectivity index (χ3n) is 1.03. The number of halogens is 1. The molecule has 0 saturated heterocycles. The molecule has 0 atom stereocenters. The van der Waals surface area contributed by atoms with Gasteiger partial charge in [-0.1, -0.05) is 13.8 Å². The highest BCUT2D eigenvalue weighted by molar-refractivity contribution is 5.78. The first kappa shape index (κ1) is 10.4. The molecule has 3 heteroatoms. The Labute approximate surface area is 66.7 Å². The van der Waals surface area contributed by atoms with Crippen molar-refractivity contribution in [2.75, 3.05) is 6.61 Å². The van der Waals surface area contributed by atoms with Crippen molar-refractivity contribution in [2.45, 2.75) is 33.4 Å². The molecule has 0 aromatic carbocycles. The Hall–Kier alpha value is -0.600. The molecule has 66 valence electrons. The van der Waals surface area contributed by atoms with Gasteiger partial charge in [-0.25, -0.2) is 9.18 Å². The van der Waals surface area contributed by atoms with Crippen molar-refractivity contribution in [2.24, 2.45) is 5.92 Å². The summed E-state index contributed by atoms with van der Waals surface area (Å²) >= 11 is 0. The molecule has 0 bridgehead atoms. The molecule has 0 aromatic rings. The summed E-state index contributed by atoms with van der Waals surface area (Å²) in [6, 6.07) is 0. The van der Waals surface area contributed by atoms with Crippen LogP contribution in [0.1, 0.15) is 27.7 Å². The molecule has 0 aliphatic rings. The molecule has 0 amide bonds. The normalized spacial score (nSPS) is 11.8. The summed E-state index contributed by atoms with van der Waals surface area (Å²) in [4.78, 5) is 10.8. The molecule has 0 saturated carbocycles. The van der Waals surface area contributed by atoms with Gasteiger partial charge in [0.25, 0.3) is 0 Å². The fourth-order valence-electron chi connectivity index (χ4n) is 0.414. The van der Waals surface area contributed by atoms with Gasteiger partial charge in [0.1, 0.15) is 0 Å². The summed E-state index contributed by atoms with van der Waals surface area (Å²) in [5.41, 5.74) is -1.87. The van der Waals surface area contributed by atoms with Gasteiger partial charge in [-0.3, -0.25) is 0 Å². The van der Waals surface area contributed by atoms with Crippen LogP contribution in [-0.2, 0) is 9.53 Å².